The third-order valence-corrected chi connectivity index (χ3v) is 4.13. The van der Waals surface area contributed by atoms with Crippen LogP contribution < -0.4 is 5.32 Å². The molecule has 0 aliphatic rings. The summed E-state index contributed by atoms with van der Waals surface area (Å²) in [5, 5.41) is 3.11. The zero-order valence-electron chi connectivity index (χ0n) is 9.40. The van der Waals surface area contributed by atoms with Gasteiger partial charge in [-0.05, 0) is 19.1 Å². The third-order valence-electron chi connectivity index (χ3n) is 2.08. The SMILES string of the molecule is CCOC(=O)NC(=S)c1cc2nccc(Cl)c2s1. The average Bonchev–Trinajstić information content (AvgIpc) is 2.74. The Morgan fingerprint density at radius 2 is 2.44 bits per heavy atom. The van der Waals surface area contributed by atoms with E-state index in [1.54, 1.807) is 25.3 Å². The van der Waals surface area contributed by atoms with Crippen LogP contribution in [0.15, 0.2) is 18.3 Å². The number of hydrogen-bond donors (Lipinski definition) is 1. The molecule has 1 amide bonds. The molecule has 2 aromatic rings. The Bertz CT molecular complexity index is 612. The summed E-state index contributed by atoms with van der Waals surface area (Å²) in [6.45, 7) is 2.03. The molecule has 18 heavy (non-hydrogen) atoms. The molecule has 7 heteroatoms. The molecular formula is C11H9ClN2O2S2. The topological polar surface area (TPSA) is 51.2 Å². The number of thiophene rings is 1. The van der Waals surface area contributed by atoms with Crippen LogP contribution in [0.3, 0.4) is 0 Å². The number of fused-ring (bicyclic) bond motifs is 1. The van der Waals surface area contributed by atoms with Crippen molar-refractivity contribution in [3.63, 3.8) is 0 Å². The van der Waals surface area contributed by atoms with Crippen molar-refractivity contribution in [1.29, 1.82) is 0 Å². The minimum absolute atomic E-state index is 0.300. The molecule has 0 atom stereocenters. The van der Waals surface area contributed by atoms with E-state index in [1.807, 2.05) is 0 Å². The second-order valence-electron chi connectivity index (χ2n) is 3.29. The van der Waals surface area contributed by atoms with Gasteiger partial charge in [0.1, 0.15) is 4.99 Å². The van der Waals surface area contributed by atoms with E-state index < -0.39 is 6.09 Å². The number of amides is 1. The number of rotatable bonds is 2. The van der Waals surface area contributed by atoms with Crippen LogP contribution >= 0.6 is 35.2 Å². The largest absolute Gasteiger partial charge is 0.450 e. The van der Waals surface area contributed by atoms with Gasteiger partial charge in [-0.2, -0.15) is 0 Å². The Hall–Kier alpha value is -1.24. The van der Waals surface area contributed by atoms with E-state index in [-0.39, 0.29) is 0 Å². The molecule has 1 N–H and O–H groups in total. The normalized spacial score (nSPS) is 10.3. The molecule has 2 heterocycles. The smallest absolute Gasteiger partial charge is 0.412 e. The number of carbonyl (C=O) groups excluding carboxylic acids is 1. The quantitative estimate of drug-likeness (QED) is 0.864. The van der Waals surface area contributed by atoms with Gasteiger partial charge in [-0.3, -0.25) is 10.3 Å². The van der Waals surface area contributed by atoms with Crippen molar-refractivity contribution in [2.75, 3.05) is 6.61 Å². The van der Waals surface area contributed by atoms with E-state index in [0.717, 1.165) is 15.1 Å². The van der Waals surface area contributed by atoms with Crippen molar-refractivity contribution >= 4 is 56.5 Å². The molecule has 2 rings (SSSR count). The molecule has 0 bridgehead atoms. The number of alkyl carbamates (subject to hydrolysis) is 1. The van der Waals surface area contributed by atoms with Crippen LogP contribution in [-0.4, -0.2) is 22.7 Å². The average molecular weight is 301 g/mol. The van der Waals surface area contributed by atoms with Crippen LogP contribution in [0.1, 0.15) is 11.8 Å². The fourth-order valence-corrected chi connectivity index (χ4v) is 2.79. The summed E-state index contributed by atoms with van der Waals surface area (Å²) in [5.74, 6) is 0. The van der Waals surface area contributed by atoms with Gasteiger partial charge >= 0.3 is 6.09 Å². The number of hydrogen-bond acceptors (Lipinski definition) is 5. The molecule has 0 aromatic carbocycles. The van der Waals surface area contributed by atoms with Gasteiger partial charge in [0.05, 0.1) is 26.7 Å². The lowest BCUT2D eigenvalue weighted by Crippen LogP contribution is -2.29. The highest BCUT2D eigenvalue weighted by Crippen LogP contribution is 2.30. The maximum atomic E-state index is 11.3. The number of aromatic nitrogens is 1. The molecule has 0 spiro atoms. The first-order valence-electron chi connectivity index (χ1n) is 5.14. The number of ether oxygens (including phenoxy) is 1. The standard InChI is InChI=1S/C11H9ClN2O2S2/c1-2-16-11(15)14-10(17)8-5-7-9(18-8)6(12)3-4-13-7/h3-5H,2H2,1H3,(H,14,15,17). The van der Waals surface area contributed by atoms with Crippen molar-refractivity contribution in [2.24, 2.45) is 0 Å². The van der Waals surface area contributed by atoms with Crippen LogP contribution in [0.25, 0.3) is 10.2 Å². The van der Waals surface area contributed by atoms with Crippen molar-refractivity contribution in [2.45, 2.75) is 6.92 Å². The summed E-state index contributed by atoms with van der Waals surface area (Å²) in [7, 11) is 0. The van der Waals surface area contributed by atoms with Crippen LogP contribution in [0.4, 0.5) is 4.79 Å². The van der Waals surface area contributed by atoms with Crippen LogP contribution in [0.2, 0.25) is 5.02 Å². The first kappa shape index (κ1) is 13.2. The third kappa shape index (κ3) is 2.77. The first-order valence-corrected chi connectivity index (χ1v) is 6.74. The fraction of sp³-hybridized carbons (Fsp3) is 0.182. The van der Waals surface area contributed by atoms with Crippen molar-refractivity contribution in [1.82, 2.24) is 10.3 Å². The molecule has 0 radical (unpaired) electrons. The Labute approximate surface area is 118 Å². The molecule has 0 aliphatic carbocycles. The zero-order chi connectivity index (χ0) is 13.1. The summed E-state index contributed by atoms with van der Waals surface area (Å²) in [5.41, 5.74) is 0.760. The highest BCUT2D eigenvalue weighted by molar-refractivity contribution is 7.81. The lowest BCUT2D eigenvalue weighted by molar-refractivity contribution is 0.158. The van der Waals surface area contributed by atoms with E-state index in [0.29, 0.717) is 16.6 Å². The van der Waals surface area contributed by atoms with Crippen molar-refractivity contribution < 1.29 is 9.53 Å². The lowest BCUT2D eigenvalue weighted by Gasteiger charge is -2.03. The van der Waals surface area contributed by atoms with E-state index in [1.165, 1.54) is 11.3 Å². The van der Waals surface area contributed by atoms with Crippen LogP contribution in [0, 0.1) is 0 Å². The van der Waals surface area contributed by atoms with Gasteiger partial charge in [0.2, 0.25) is 0 Å². The maximum absolute atomic E-state index is 11.3. The second-order valence-corrected chi connectivity index (χ2v) is 5.16. The van der Waals surface area contributed by atoms with Gasteiger partial charge < -0.3 is 4.74 Å². The summed E-state index contributed by atoms with van der Waals surface area (Å²) in [4.78, 5) is 16.5. The van der Waals surface area contributed by atoms with E-state index in [2.05, 4.69) is 10.3 Å². The predicted octanol–water partition coefficient (Wildman–Crippen LogP) is 3.37. The summed E-state index contributed by atoms with van der Waals surface area (Å²) < 4.78 is 5.61. The van der Waals surface area contributed by atoms with Gasteiger partial charge in [-0.15, -0.1) is 11.3 Å². The predicted molar refractivity (Wildman–Crippen MR) is 76.5 cm³/mol. The summed E-state index contributed by atoms with van der Waals surface area (Å²) in [6.07, 6.45) is 1.07. The van der Waals surface area contributed by atoms with E-state index in [4.69, 9.17) is 28.6 Å². The number of thiocarbonyl (C=S) groups is 1. The van der Waals surface area contributed by atoms with Crippen LogP contribution in [0.5, 0.6) is 0 Å². The van der Waals surface area contributed by atoms with Crippen molar-refractivity contribution in [3.8, 4) is 0 Å². The molecule has 4 nitrogen and oxygen atoms in total. The zero-order valence-corrected chi connectivity index (χ0v) is 11.8. The summed E-state index contributed by atoms with van der Waals surface area (Å²) >= 11 is 12.6. The minimum atomic E-state index is -0.556. The number of carbonyl (C=O) groups is 1. The molecule has 0 saturated carbocycles. The monoisotopic (exact) mass is 300 g/mol. The Kier molecular flexibility index (Phi) is 4.11. The van der Waals surface area contributed by atoms with Gasteiger partial charge in [0, 0.05) is 6.20 Å². The summed E-state index contributed by atoms with van der Waals surface area (Å²) in [6, 6.07) is 3.51. The lowest BCUT2D eigenvalue weighted by atomic mass is 10.3. The molecule has 0 unspecified atom stereocenters. The molecular weight excluding hydrogens is 292 g/mol. The van der Waals surface area contributed by atoms with Gasteiger partial charge in [-0.1, -0.05) is 23.8 Å². The maximum Gasteiger partial charge on any atom is 0.412 e. The Balaban J connectivity index is 2.23. The minimum Gasteiger partial charge on any atom is -0.450 e. The highest BCUT2D eigenvalue weighted by Gasteiger charge is 2.12. The number of nitrogens with one attached hydrogen (secondary N) is 1. The molecule has 0 fully saturated rings. The van der Waals surface area contributed by atoms with E-state index in [9.17, 15) is 4.79 Å². The highest BCUT2D eigenvalue weighted by atomic mass is 35.5. The second kappa shape index (κ2) is 5.60. The Morgan fingerprint density at radius 1 is 1.67 bits per heavy atom. The molecule has 0 aliphatic heterocycles. The molecule has 94 valence electrons. The fourth-order valence-electron chi connectivity index (χ4n) is 1.34. The molecule has 0 saturated heterocycles. The number of halogens is 1. The molecule has 2 aromatic heterocycles. The van der Waals surface area contributed by atoms with Crippen LogP contribution in [-0.2, 0) is 4.74 Å². The van der Waals surface area contributed by atoms with Crippen molar-refractivity contribution in [3.05, 3.63) is 28.2 Å². The Morgan fingerprint density at radius 3 is 3.11 bits per heavy atom. The van der Waals surface area contributed by atoms with Gasteiger partial charge in [-0.25, -0.2) is 4.79 Å². The van der Waals surface area contributed by atoms with Gasteiger partial charge in [0.15, 0.2) is 0 Å². The van der Waals surface area contributed by atoms with Gasteiger partial charge in [0.25, 0.3) is 0 Å². The van der Waals surface area contributed by atoms with E-state index >= 15 is 0 Å². The first-order chi connectivity index (χ1) is 8.61. The number of nitrogens with zero attached hydrogens (tertiary/aromatic N) is 1. The number of pyridine rings is 1.